The van der Waals surface area contributed by atoms with Crippen LogP contribution in [0.4, 0.5) is 5.69 Å². The summed E-state index contributed by atoms with van der Waals surface area (Å²) in [6.45, 7) is 2.70. The molecule has 6 heteroatoms. The number of hydrogen-bond donors (Lipinski definition) is 2. The molecule has 6 nitrogen and oxygen atoms in total. The zero-order valence-electron chi connectivity index (χ0n) is 16.9. The Bertz CT molecular complexity index is 850. The lowest BCUT2D eigenvalue weighted by Crippen LogP contribution is -2.47. The van der Waals surface area contributed by atoms with E-state index < -0.39 is 5.92 Å². The van der Waals surface area contributed by atoms with Gasteiger partial charge in [0.1, 0.15) is 11.5 Å². The van der Waals surface area contributed by atoms with Gasteiger partial charge in [0.25, 0.3) is 0 Å². The molecule has 0 unspecified atom stereocenters. The number of carbonyl (C=O) groups excluding carboxylic acids is 2. The molecule has 0 saturated carbocycles. The fourth-order valence-electron chi connectivity index (χ4n) is 3.84. The quantitative estimate of drug-likeness (QED) is 0.690. The van der Waals surface area contributed by atoms with Crippen molar-refractivity contribution >= 4 is 17.5 Å². The number of amides is 2. The van der Waals surface area contributed by atoms with Gasteiger partial charge in [-0.2, -0.15) is 0 Å². The van der Waals surface area contributed by atoms with E-state index in [0.29, 0.717) is 25.1 Å². The van der Waals surface area contributed by atoms with E-state index in [1.807, 2.05) is 29.2 Å². The minimum atomic E-state index is -0.405. The first kappa shape index (κ1) is 20.7. The highest BCUT2D eigenvalue weighted by Crippen LogP contribution is 2.38. The Morgan fingerprint density at radius 1 is 1.21 bits per heavy atom. The van der Waals surface area contributed by atoms with Gasteiger partial charge in [-0.05, 0) is 42.7 Å². The highest BCUT2D eigenvalue weighted by atomic mass is 16.5. The largest absolute Gasteiger partial charge is 0.506 e. The Labute approximate surface area is 171 Å². The van der Waals surface area contributed by atoms with Gasteiger partial charge >= 0.3 is 0 Å². The molecule has 1 saturated heterocycles. The van der Waals surface area contributed by atoms with Crippen LogP contribution in [0.3, 0.4) is 0 Å². The minimum absolute atomic E-state index is 0.0246. The van der Waals surface area contributed by atoms with Gasteiger partial charge in [-0.1, -0.05) is 37.6 Å². The lowest BCUT2D eigenvalue weighted by Gasteiger charge is -2.41. The molecule has 0 aromatic heterocycles. The molecule has 0 aliphatic carbocycles. The topological polar surface area (TPSA) is 78.9 Å². The summed E-state index contributed by atoms with van der Waals surface area (Å²) in [5.41, 5.74) is 1.29. The Morgan fingerprint density at radius 3 is 2.59 bits per heavy atom. The first-order chi connectivity index (χ1) is 14.0. The molecular formula is C23H28N2O4. The third-order valence-electron chi connectivity index (χ3n) is 5.42. The summed E-state index contributed by atoms with van der Waals surface area (Å²) in [6, 6.07) is 13.9. The van der Waals surface area contributed by atoms with Crippen LogP contribution in [0.25, 0.3) is 0 Å². The summed E-state index contributed by atoms with van der Waals surface area (Å²) >= 11 is 0. The third-order valence-corrected chi connectivity index (χ3v) is 5.42. The Hall–Kier alpha value is -3.02. The number of aromatic hydroxyl groups is 1. The number of phenolic OH excluding ortho intramolecular Hbond substituents is 1. The number of likely N-dealkylation sites (tertiary alicyclic amines) is 1. The van der Waals surface area contributed by atoms with Crippen molar-refractivity contribution in [3.63, 3.8) is 0 Å². The van der Waals surface area contributed by atoms with E-state index in [-0.39, 0.29) is 23.6 Å². The van der Waals surface area contributed by atoms with Crippen LogP contribution in [0.15, 0.2) is 48.5 Å². The van der Waals surface area contributed by atoms with Gasteiger partial charge in [0, 0.05) is 13.0 Å². The zero-order chi connectivity index (χ0) is 20.8. The highest BCUT2D eigenvalue weighted by Gasteiger charge is 2.40. The lowest BCUT2D eigenvalue weighted by molar-refractivity contribution is -0.142. The molecule has 1 aliphatic heterocycles. The molecule has 29 heavy (non-hydrogen) atoms. The Morgan fingerprint density at radius 2 is 1.93 bits per heavy atom. The monoisotopic (exact) mass is 396 g/mol. The van der Waals surface area contributed by atoms with Crippen molar-refractivity contribution in [2.45, 2.75) is 38.6 Å². The van der Waals surface area contributed by atoms with Crippen molar-refractivity contribution in [1.29, 1.82) is 0 Å². The molecule has 1 fully saturated rings. The predicted octanol–water partition coefficient (Wildman–Crippen LogP) is 4.12. The summed E-state index contributed by atoms with van der Waals surface area (Å²) in [7, 11) is 1.61. The normalized spacial score (nSPS) is 19.1. The number of nitrogens with zero attached hydrogens (tertiary/aromatic N) is 1. The van der Waals surface area contributed by atoms with E-state index in [1.165, 1.54) is 6.07 Å². The molecule has 2 aromatic carbocycles. The SMILES string of the molecule is CCCCN1C(=O)CC[C@@H](C(=O)Nc2ccccc2O)[C@@H]1c1ccc(OC)cc1. The molecule has 0 spiro atoms. The molecular weight excluding hydrogens is 368 g/mol. The van der Waals surface area contributed by atoms with E-state index in [1.54, 1.807) is 25.3 Å². The molecule has 154 valence electrons. The Kier molecular flexibility index (Phi) is 6.75. The maximum atomic E-state index is 13.2. The number of phenols is 1. The number of piperidine rings is 1. The van der Waals surface area contributed by atoms with Gasteiger partial charge in [-0.3, -0.25) is 9.59 Å². The van der Waals surface area contributed by atoms with Crippen molar-refractivity contribution in [3.05, 3.63) is 54.1 Å². The van der Waals surface area contributed by atoms with Crippen molar-refractivity contribution in [2.24, 2.45) is 5.92 Å². The second kappa shape index (κ2) is 9.45. The fourth-order valence-corrected chi connectivity index (χ4v) is 3.84. The minimum Gasteiger partial charge on any atom is -0.506 e. The molecule has 2 amide bonds. The standard InChI is InChI=1S/C23H28N2O4/c1-3-4-15-25-21(27)14-13-18(22(25)16-9-11-17(29-2)12-10-16)23(28)24-19-7-5-6-8-20(19)26/h5-12,18,22,26H,3-4,13-15H2,1-2H3,(H,24,28)/t18-,22+/m1/s1. The van der Waals surface area contributed by atoms with Gasteiger partial charge in [-0.25, -0.2) is 0 Å². The first-order valence-electron chi connectivity index (χ1n) is 10.1. The number of methoxy groups -OCH3 is 1. The van der Waals surface area contributed by atoms with Crippen LogP contribution in [-0.2, 0) is 9.59 Å². The van der Waals surface area contributed by atoms with Crippen LogP contribution in [0, 0.1) is 5.92 Å². The van der Waals surface area contributed by atoms with Crippen LogP contribution < -0.4 is 10.1 Å². The first-order valence-corrected chi connectivity index (χ1v) is 10.1. The van der Waals surface area contributed by atoms with E-state index in [0.717, 1.165) is 24.2 Å². The maximum absolute atomic E-state index is 13.2. The summed E-state index contributed by atoms with van der Waals surface area (Å²) in [5, 5.41) is 12.9. The van der Waals surface area contributed by atoms with Gasteiger partial charge in [-0.15, -0.1) is 0 Å². The van der Waals surface area contributed by atoms with Gasteiger partial charge < -0.3 is 20.1 Å². The number of ether oxygens (including phenoxy) is 1. The molecule has 2 N–H and O–H groups in total. The van der Waals surface area contributed by atoms with Crippen LogP contribution in [0.5, 0.6) is 11.5 Å². The predicted molar refractivity (Wildman–Crippen MR) is 112 cm³/mol. The summed E-state index contributed by atoms with van der Waals surface area (Å²) < 4.78 is 5.25. The second-order valence-electron chi connectivity index (χ2n) is 7.31. The summed E-state index contributed by atoms with van der Waals surface area (Å²) in [6.07, 6.45) is 2.66. The molecule has 0 radical (unpaired) electrons. The van der Waals surface area contributed by atoms with Crippen LogP contribution in [-0.4, -0.2) is 35.5 Å². The lowest BCUT2D eigenvalue weighted by atomic mass is 9.83. The summed E-state index contributed by atoms with van der Waals surface area (Å²) in [5.74, 6) is 0.229. The number of anilines is 1. The molecule has 1 heterocycles. The molecule has 3 rings (SSSR count). The van der Waals surface area contributed by atoms with Crippen LogP contribution in [0.1, 0.15) is 44.2 Å². The molecule has 1 aliphatic rings. The van der Waals surface area contributed by atoms with E-state index in [2.05, 4.69) is 12.2 Å². The number of carbonyl (C=O) groups is 2. The summed E-state index contributed by atoms with van der Waals surface area (Å²) in [4.78, 5) is 27.7. The van der Waals surface area contributed by atoms with Gasteiger partial charge in [0.15, 0.2) is 0 Å². The van der Waals surface area contributed by atoms with E-state index in [4.69, 9.17) is 4.74 Å². The fraction of sp³-hybridized carbons (Fsp3) is 0.391. The van der Waals surface area contributed by atoms with Crippen LogP contribution >= 0.6 is 0 Å². The van der Waals surface area contributed by atoms with Crippen molar-refractivity contribution in [1.82, 2.24) is 4.90 Å². The average Bonchev–Trinajstić information content (AvgIpc) is 2.74. The third kappa shape index (κ3) is 4.70. The van der Waals surface area contributed by atoms with Crippen LogP contribution in [0.2, 0.25) is 0 Å². The number of para-hydroxylation sites is 2. The molecule has 2 aromatic rings. The number of hydrogen-bond acceptors (Lipinski definition) is 4. The van der Waals surface area contributed by atoms with Gasteiger partial charge in [0.2, 0.25) is 11.8 Å². The average molecular weight is 396 g/mol. The number of benzene rings is 2. The number of nitrogens with one attached hydrogen (secondary N) is 1. The highest BCUT2D eigenvalue weighted by molar-refractivity contribution is 5.95. The number of rotatable bonds is 7. The van der Waals surface area contributed by atoms with Crippen molar-refractivity contribution in [3.8, 4) is 11.5 Å². The zero-order valence-corrected chi connectivity index (χ0v) is 16.9. The molecule has 2 atom stereocenters. The Balaban J connectivity index is 1.92. The number of unbranched alkanes of at least 4 members (excludes halogenated alkanes) is 1. The van der Waals surface area contributed by atoms with E-state index in [9.17, 15) is 14.7 Å². The smallest absolute Gasteiger partial charge is 0.230 e. The second-order valence-corrected chi connectivity index (χ2v) is 7.31. The maximum Gasteiger partial charge on any atom is 0.230 e. The van der Waals surface area contributed by atoms with Gasteiger partial charge in [0.05, 0.1) is 24.8 Å². The molecule has 0 bridgehead atoms. The van der Waals surface area contributed by atoms with E-state index >= 15 is 0 Å². The van der Waals surface area contributed by atoms with Crippen molar-refractivity contribution in [2.75, 3.05) is 19.0 Å². The van der Waals surface area contributed by atoms with Crippen molar-refractivity contribution < 1.29 is 19.4 Å².